The smallest absolute Gasteiger partial charge is 0.259 e. The molecule has 0 bridgehead atoms. The first-order chi connectivity index (χ1) is 14.3. The van der Waals surface area contributed by atoms with Crippen LogP contribution in [0.25, 0.3) is 0 Å². The fraction of sp³-hybridized carbons (Fsp3) is 0.381. The van der Waals surface area contributed by atoms with E-state index in [1.54, 1.807) is 11.8 Å². The molecule has 9 heteroatoms. The highest BCUT2D eigenvalue weighted by atomic mass is 19.1. The number of primary amides is 1. The topological polar surface area (TPSA) is 118 Å². The van der Waals surface area contributed by atoms with Gasteiger partial charge in [-0.05, 0) is 44.0 Å². The summed E-state index contributed by atoms with van der Waals surface area (Å²) in [6, 6.07) is 5.51. The van der Waals surface area contributed by atoms with Gasteiger partial charge in [0.15, 0.2) is 0 Å². The number of nitrogens with two attached hydrogens (primary N) is 1. The van der Waals surface area contributed by atoms with Gasteiger partial charge in [0.05, 0.1) is 11.3 Å². The maximum Gasteiger partial charge on any atom is 0.259 e. The summed E-state index contributed by atoms with van der Waals surface area (Å²) in [4.78, 5) is 46.0. The number of carbonyl (C=O) groups is 3. The zero-order valence-corrected chi connectivity index (χ0v) is 16.7. The molecule has 0 aliphatic carbocycles. The Morgan fingerprint density at radius 1 is 1.17 bits per heavy atom. The Morgan fingerprint density at radius 2 is 1.83 bits per heavy atom. The molecule has 1 fully saturated rings. The molecule has 1 aliphatic heterocycles. The van der Waals surface area contributed by atoms with Crippen LogP contribution >= 0.6 is 0 Å². The van der Waals surface area contributed by atoms with Crippen molar-refractivity contribution in [3.63, 3.8) is 0 Å². The van der Waals surface area contributed by atoms with Crippen molar-refractivity contribution in [2.45, 2.75) is 38.5 Å². The maximum atomic E-state index is 13.0. The monoisotopic (exact) mass is 413 g/mol. The second kappa shape index (κ2) is 9.43. The highest BCUT2D eigenvalue weighted by Gasteiger charge is 2.26. The molecule has 0 atom stereocenters. The molecule has 3 N–H and O–H groups in total. The molecule has 30 heavy (non-hydrogen) atoms. The van der Waals surface area contributed by atoms with Crippen molar-refractivity contribution in [1.29, 1.82) is 0 Å². The van der Waals surface area contributed by atoms with E-state index in [1.165, 1.54) is 30.5 Å². The van der Waals surface area contributed by atoms with Gasteiger partial charge in [-0.3, -0.25) is 14.4 Å². The summed E-state index contributed by atoms with van der Waals surface area (Å²) in [5.41, 5.74) is 6.48. The van der Waals surface area contributed by atoms with Gasteiger partial charge < -0.3 is 16.0 Å². The second-order valence-electron chi connectivity index (χ2n) is 7.31. The Hall–Kier alpha value is -3.36. The first kappa shape index (κ1) is 21.4. The summed E-state index contributed by atoms with van der Waals surface area (Å²) in [6.45, 7) is 2.88. The molecule has 8 nitrogen and oxygen atoms in total. The molecule has 1 aromatic carbocycles. The van der Waals surface area contributed by atoms with Crippen molar-refractivity contribution in [2.75, 3.05) is 18.4 Å². The summed E-state index contributed by atoms with van der Waals surface area (Å²) in [7, 11) is 0. The number of likely N-dealkylation sites (tertiary alicyclic amines) is 1. The van der Waals surface area contributed by atoms with Crippen LogP contribution in [-0.2, 0) is 9.59 Å². The van der Waals surface area contributed by atoms with E-state index in [9.17, 15) is 18.8 Å². The summed E-state index contributed by atoms with van der Waals surface area (Å²) >= 11 is 0. The third kappa shape index (κ3) is 5.37. The lowest BCUT2D eigenvalue weighted by atomic mass is 9.95. The molecule has 0 radical (unpaired) electrons. The van der Waals surface area contributed by atoms with Gasteiger partial charge in [0.2, 0.25) is 11.8 Å². The van der Waals surface area contributed by atoms with E-state index in [0.29, 0.717) is 48.7 Å². The first-order valence-electron chi connectivity index (χ1n) is 9.80. The maximum absolute atomic E-state index is 13.0. The lowest BCUT2D eigenvalue weighted by Gasteiger charge is -2.31. The molecule has 3 rings (SSSR count). The van der Waals surface area contributed by atoms with E-state index in [4.69, 9.17) is 5.73 Å². The van der Waals surface area contributed by atoms with Crippen LogP contribution in [0.15, 0.2) is 30.5 Å². The Kier molecular flexibility index (Phi) is 6.71. The van der Waals surface area contributed by atoms with Gasteiger partial charge in [-0.15, -0.1) is 0 Å². The molecule has 158 valence electrons. The predicted octanol–water partition coefficient (Wildman–Crippen LogP) is 2.15. The number of nitrogens with zero attached hydrogens (tertiary/aromatic N) is 3. The van der Waals surface area contributed by atoms with Gasteiger partial charge in [0, 0.05) is 43.7 Å². The Bertz CT molecular complexity index is 940. The fourth-order valence-electron chi connectivity index (χ4n) is 3.41. The first-order valence-corrected chi connectivity index (χ1v) is 9.80. The lowest BCUT2D eigenvalue weighted by Crippen LogP contribution is -2.38. The highest BCUT2D eigenvalue weighted by molar-refractivity contribution is 6.04. The molecule has 1 aromatic heterocycles. The minimum absolute atomic E-state index is 0.0581. The fourth-order valence-corrected chi connectivity index (χ4v) is 3.41. The number of piperidine rings is 1. The number of amides is 3. The largest absolute Gasteiger partial charge is 0.370 e. The van der Waals surface area contributed by atoms with Crippen LogP contribution in [0.3, 0.4) is 0 Å². The van der Waals surface area contributed by atoms with Gasteiger partial charge >= 0.3 is 0 Å². The molecule has 1 saturated heterocycles. The van der Waals surface area contributed by atoms with E-state index >= 15 is 0 Å². The summed E-state index contributed by atoms with van der Waals surface area (Å²) < 4.78 is 13.0. The van der Waals surface area contributed by atoms with Crippen molar-refractivity contribution in [2.24, 2.45) is 5.73 Å². The van der Waals surface area contributed by atoms with E-state index in [2.05, 4.69) is 15.3 Å². The van der Waals surface area contributed by atoms with Crippen molar-refractivity contribution in [3.05, 3.63) is 53.4 Å². The number of anilines is 1. The SMILES string of the molecule is Cc1nc(C2CCN(C(=O)CCC(N)=O)CC2)ncc1C(=O)Nc1ccc(F)cc1. The van der Waals surface area contributed by atoms with E-state index < -0.39 is 5.91 Å². The number of nitrogens with one attached hydrogen (secondary N) is 1. The molecular formula is C21H24FN5O3. The third-order valence-corrected chi connectivity index (χ3v) is 5.14. The van der Waals surface area contributed by atoms with Crippen LogP contribution < -0.4 is 11.1 Å². The van der Waals surface area contributed by atoms with Crippen LogP contribution in [0.5, 0.6) is 0 Å². The number of aromatic nitrogens is 2. The average molecular weight is 413 g/mol. The summed E-state index contributed by atoms with van der Waals surface area (Å²) in [6.07, 6.45) is 3.11. The standard InChI is InChI=1S/C21H24FN5O3/c1-13-17(21(30)26-16-4-2-15(22)3-5-16)12-24-20(25-13)14-8-10-27(11-9-14)19(29)7-6-18(23)28/h2-5,12,14H,6-11H2,1H3,(H2,23,28)(H,26,30). The predicted molar refractivity (Wildman–Crippen MR) is 108 cm³/mol. The number of rotatable bonds is 6. The number of benzene rings is 1. The molecular weight excluding hydrogens is 389 g/mol. The molecule has 1 aliphatic rings. The van der Waals surface area contributed by atoms with E-state index in [1.807, 2.05) is 0 Å². The van der Waals surface area contributed by atoms with Gasteiger partial charge in [0.1, 0.15) is 11.6 Å². The Balaban J connectivity index is 1.59. The van der Waals surface area contributed by atoms with Crippen molar-refractivity contribution >= 4 is 23.4 Å². The average Bonchev–Trinajstić information content (AvgIpc) is 2.73. The highest BCUT2D eigenvalue weighted by Crippen LogP contribution is 2.26. The number of hydrogen-bond acceptors (Lipinski definition) is 5. The van der Waals surface area contributed by atoms with Gasteiger partial charge in [-0.1, -0.05) is 0 Å². The van der Waals surface area contributed by atoms with Crippen molar-refractivity contribution < 1.29 is 18.8 Å². The van der Waals surface area contributed by atoms with E-state index in [-0.39, 0.29) is 36.4 Å². The van der Waals surface area contributed by atoms with Gasteiger partial charge in [-0.25, -0.2) is 14.4 Å². The van der Waals surface area contributed by atoms with Crippen LogP contribution in [0.1, 0.15) is 53.5 Å². The summed E-state index contributed by atoms with van der Waals surface area (Å²) in [5, 5.41) is 2.70. The molecule has 0 spiro atoms. The van der Waals surface area contributed by atoms with Crippen LogP contribution in [-0.4, -0.2) is 45.7 Å². The molecule has 2 heterocycles. The summed E-state index contributed by atoms with van der Waals surface area (Å²) in [5.74, 6) is -0.547. The Labute approximate surface area is 173 Å². The molecule has 2 aromatic rings. The minimum atomic E-state index is -0.481. The van der Waals surface area contributed by atoms with Crippen LogP contribution in [0, 0.1) is 12.7 Å². The Morgan fingerprint density at radius 3 is 2.43 bits per heavy atom. The van der Waals surface area contributed by atoms with Crippen LogP contribution in [0.4, 0.5) is 10.1 Å². The molecule has 3 amide bonds. The zero-order chi connectivity index (χ0) is 21.7. The number of halogens is 1. The van der Waals surface area contributed by atoms with Gasteiger partial charge in [0.25, 0.3) is 5.91 Å². The molecule has 0 saturated carbocycles. The zero-order valence-electron chi connectivity index (χ0n) is 16.7. The molecule has 0 unspecified atom stereocenters. The second-order valence-corrected chi connectivity index (χ2v) is 7.31. The quantitative estimate of drug-likeness (QED) is 0.752. The normalized spacial score (nSPS) is 14.4. The minimum Gasteiger partial charge on any atom is -0.370 e. The van der Waals surface area contributed by atoms with Gasteiger partial charge in [-0.2, -0.15) is 0 Å². The van der Waals surface area contributed by atoms with Crippen LogP contribution in [0.2, 0.25) is 0 Å². The lowest BCUT2D eigenvalue weighted by molar-refractivity contribution is -0.134. The van der Waals surface area contributed by atoms with Crippen molar-refractivity contribution in [3.8, 4) is 0 Å². The third-order valence-electron chi connectivity index (χ3n) is 5.14. The van der Waals surface area contributed by atoms with Crippen molar-refractivity contribution in [1.82, 2.24) is 14.9 Å². The number of hydrogen-bond donors (Lipinski definition) is 2. The number of carbonyl (C=O) groups excluding carboxylic acids is 3. The van der Waals surface area contributed by atoms with E-state index in [0.717, 1.165) is 0 Å². The number of aryl methyl sites for hydroxylation is 1.